The molecule has 4 nitrogen and oxygen atoms in total. The number of ether oxygens (including phenoxy) is 1. The molecular formula is C30H50O4. The van der Waals surface area contributed by atoms with Crippen molar-refractivity contribution in [1.82, 2.24) is 0 Å². The van der Waals surface area contributed by atoms with E-state index in [0.29, 0.717) is 18.3 Å². The molecule has 0 bridgehead atoms. The van der Waals surface area contributed by atoms with Gasteiger partial charge in [-0.25, -0.2) is 0 Å². The summed E-state index contributed by atoms with van der Waals surface area (Å²) >= 11 is 0. The summed E-state index contributed by atoms with van der Waals surface area (Å²) < 4.78 is 6.00. The first-order valence-corrected chi connectivity index (χ1v) is 14.1. The van der Waals surface area contributed by atoms with Gasteiger partial charge in [0.15, 0.2) is 0 Å². The lowest BCUT2D eigenvalue weighted by Gasteiger charge is -2.74. The fourth-order valence-electron chi connectivity index (χ4n) is 11.3. The molecular weight excluding hydrogens is 424 g/mol. The summed E-state index contributed by atoms with van der Waals surface area (Å²) in [5, 5.41) is 22.9. The highest BCUT2D eigenvalue weighted by atomic mass is 16.5. The molecule has 0 aromatic carbocycles. The Labute approximate surface area is 207 Å². The molecule has 5 rings (SSSR count). The average Bonchev–Trinajstić information content (AvgIpc) is 2.74. The van der Waals surface area contributed by atoms with Crippen LogP contribution in [0.15, 0.2) is 0 Å². The van der Waals surface area contributed by atoms with Crippen molar-refractivity contribution in [2.24, 2.45) is 50.7 Å². The fraction of sp³-hybridized carbons (Fsp3) is 0.967. The Morgan fingerprint density at radius 3 is 2.15 bits per heavy atom. The summed E-state index contributed by atoms with van der Waals surface area (Å²) in [6, 6.07) is 0. The van der Waals surface area contributed by atoms with Crippen molar-refractivity contribution in [2.75, 3.05) is 0 Å². The molecule has 5 aliphatic rings. The Kier molecular flexibility index (Phi) is 5.50. The van der Waals surface area contributed by atoms with Crippen LogP contribution in [0.3, 0.4) is 0 Å². The highest BCUT2D eigenvalue weighted by Gasteiger charge is 2.72. The van der Waals surface area contributed by atoms with Crippen LogP contribution in [-0.2, 0) is 9.53 Å². The Balaban J connectivity index is 1.57. The summed E-state index contributed by atoms with van der Waals surface area (Å²) in [6.45, 7) is 17.5. The van der Waals surface area contributed by atoms with Crippen LogP contribution in [0.25, 0.3) is 0 Å². The minimum absolute atomic E-state index is 0.0251. The lowest BCUT2D eigenvalue weighted by molar-refractivity contribution is -0.288. The van der Waals surface area contributed by atoms with Crippen molar-refractivity contribution >= 4 is 6.47 Å². The molecule has 0 aromatic heterocycles. The molecule has 0 saturated heterocycles. The Morgan fingerprint density at radius 1 is 0.794 bits per heavy atom. The third-order valence-electron chi connectivity index (χ3n) is 13.4. The van der Waals surface area contributed by atoms with Crippen LogP contribution in [-0.4, -0.2) is 34.5 Å². The van der Waals surface area contributed by atoms with E-state index in [1.54, 1.807) is 0 Å². The van der Waals surface area contributed by atoms with Crippen LogP contribution in [0.1, 0.15) is 113 Å². The predicted octanol–water partition coefficient (Wildman–Crippen LogP) is 6.13. The number of aliphatic hydroxyl groups excluding tert-OH is 2. The third kappa shape index (κ3) is 3.06. The van der Waals surface area contributed by atoms with E-state index >= 15 is 0 Å². The second kappa shape index (κ2) is 7.46. The zero-order chi connectivity index (χ0) is 24.9. The van der Waals surface area contributed by atoms with Gasteiger partial charge in [0.1, 0.15) is 5.60 Å². The molecule has 5 fully saturated rings. The van der Waals surface area contributed by atoms with Gasteiger partial charge >= 0.3 is 0 Å². The van der Waals surface area contributed by atoms with E-state index in [0.717, 1.165) is 57.8 Å². The van der Waals surface area contributed by atoms with Gasteiger partial charge in [0.05, 0.1) is 12.2 Å². The van der Waals surface area contributed by atoms with Gasteiger partial charge in [-0.3, -0.25) is 4.79 Å². The molecule has 4 heteroatoms. The third-order valence-corrected chi connectivity index (χ3v) is 13.4. The summed E-state index contributed by atoms with van der Waals surface area (Å²) in [4.78, 5) is 11.7. The molecule has 5 saturated carbocycles. The molecule has 0 spiro atoms. The summed E-state index contributed by atoms with van der Waals surface area (Å²) in [5.74, 6) is 1.34. The van der Waals surface area contributed by atoms with Gasteiger partial charge in [0.2, 0.25) is 0 Å². The van der Waals surface area contributed by atoms with E-state index in [-0.39, 0.29) is 51.1 Å². The normalized spacial score (nSPS) is 55.7. The molecule has 2 N–H and O–H groups in total. The number of hydrogen-bond acceptors (Lipinski definition) is 4. The van der Waals surface area contributed by atoms with Crippen molar-refractivity contribution in [2.45, 2.75) is 130 Å². The van der Waals surface area contributed by atoms with Crippen LogP contribution in [0.5, 0.6) is 0 Å². The van der Waals surface area contributed by atoms with Crippen molar-refractivity contribution in [3.05, 3.63) is 0 Å². The lowest BCUT2D eigenvalue weighted by Crippen LogP contribution is -2.71. The minimum atomic E-state index is -0.399. The average molecular weight is 475 g/mol. The summed E-state index contributed by atoms with van der Waals surface area (Å²) in [6.07, 6.45) is 9.52. The van der Waals surface area contributed by atoms with Crippen LogP contribution in [0.4, 0.5) is 0 Å². The molecule has 0 amide bonds. The Hall–Kier alpha value is -0.610. The number of hydrogen-bond donors (Lipinski definition) is 2. The number of carbonyl (C=O) groups excluding carboxylic acids is 1. The molecule has 10 atom stereocenters. The largest absolute Gasteiger partial charge is 0.461 e. The topological polar surface area (TPSA) is 66.8 Å². The molecule has 0 heterocycles. The Morgan fingerprint density at radius 2 is 1.47 bits per heavy atom. The zero-order valence-electron chi connectivity index (χ0n) is 22.8. The van der Waals surface area contributed by atoms with E-state index in [4.69, 9.17) is 4.74 Å². The lowest BCUT2D eigenvalue weighted by atomic mass is 9.32. The van der Waals surface area contributed by atoms with Crippen LogP contribution in [0, 0.1) is 50.7 Å². The molecule has 0 aliphatic heterocycles. The van der Waals surface area contributed by atoms with E-state index in [9.17, 15) is 15.0 Å². The van der Waals surface area contributed by atoms with Gasteiger partial charge in [0.25, 0.3) is 6.47 Å². The highest BCUT2D eigenvalue weighted by molar-refractivity contribution is 5.39. The summed E-state index contributed by atoms with van der Waals surface area (Å²) in [5.41, 5.74) is 0.0497. The second-order valence-corrected chi connectivity index (χ2v) is 15.4. The van der Waals surface area contributed by atoms with Gasteiger partial charge in [-0.15, -0.1) is 0 Å². The second-order valence-electron chi connectivity index (χ2n) is 15.4. The zero-order valence-corrected chi connectivity index (χ0v) is 22.8. The van der Waals surface area contributed by atoms with Gasteiger partial charge < -0.3 is 14.9 Å². The smallest absolute Gasteiger partial charge is 0.293 e. The maximum absolute atomic E-state index is 12.0. The van der Waals surface area contributed by atoms with Gasteiger partial charge in [0, 0.05) is 5.92 Å². The van der Waals surface area contributed by atoms with E-state index in [1.165, 1.54) is 6.42 Å². The van der Waals surface area contributed by atoms with Crippen LogP contribution in [0.2, 0.25) is 0 Å². The van der Waals surface area contributed by atoms with E-state index in [1.807, 2.05) is 0 Å². The molecule has 34 heavy (non-hydrogen) atoms. The van der Waals surface area contributed by atoms with Crippen LogP contribution < -0.4 is 0 Å². The SMILES string of the molecule is CC1(C)CCC2(OC=O)CCC3(C)C(C(O)CC4C5(C)CCC(O)C(C)(C)C5CCC43C)C2C1. The van der Waals surface area contributed by atoms with E-state index < -0.39 is 5.60 Å². The maximum Gasteiger partial charge on any atom is 0.293 e. The minimum Gasteiger partial charge on any atom is -0.461 e. The van der Waals surface area contributed by atoms with E-state index in [2.05, 4.69) is 48.5 Å². The molecule has 0 radical (unpaired) electrons. The Bertz CT molecular complexity index is 836. The monoisotopic (exact) mass is 474 g/mol. The van der Waals surface area contributed by atoms with Gasteiger partial charge in [-0.1, -0.05) is 48.5 Å². The first-order valence-electron chi connectivity index (χ1n) is 14.1. The molecule has 5 aliphatic carbocycles. The predicted molar refractivity (Wildman–Crippen MR) is 134 cm³/mol. The van der Waals surface area contributed by atoms with Crippen molar-refractivity contribution in [3.8, 4) is 0 Å². The molecule has 0 aromatic rings. The number of rotatable bonds is 2. The highest BCUT2D eigenvalue weighted by Crippen LogP contribution is 2.76. The van der Waals surface area contributed by atoms with Crippen molar-refractivity contribution < 1.29 is 19.7 Å². The van der Waals surface area contributed by atoms with Crippen molar-refractivity contribution in [3.63, 3.8) is 0 Å². The number of fused-ring (bicyclic) bond motifs is 7. The molecule has 194 valence electrons. The maximum atomic E-state index is 12.0. The molecule has 10 unspecified atom stereocenters. The quantitative estimate of drug-likeness (QED) is 0.473. The first-order chi connectivity index (χ1) is 15.7. The fourth-order valence-corrected chi connectivity index (χ4v) is 11.3. The number of aliphatic hydroxyl groups is 2. The first kappa shape index (κ1) is 25.1. The summed E-state index contributed by atoms with van der Waals surface area (Å²) in [7, 11) is 0. The van der Waals surface area contributed by atoms with Gasteiger partial charge in [-0.05, 0) is 109 Å². The standard InChI is InChI=1S/C30H50O4/c1-25(2)12-14-30(34-18-31)15-13-29(7)24(19(30)17-25)20(32)16-22-27(5)10-9-23(33)26(3,4)21(27)8-11-28(22,29)6/h18-24,32-33H,8-17H2,1-7H3. The van der Waals surface area contributed by atoms with Gasteiger partial charge in [-0.2, -0.15) is 0 Å². The van der Waals surface area contributed by atoms with Crippen molar-refractivity contribution in [1.29, 1.82) is 0 Å². The number of carbonyl (C=O) groups is 1. The van der Waals surface area contributed by atoms with Crippen LogP contribution >= 0.6 is 0 Å².